The van der Waals surface area contributed by atoms with Gasteiger partial charge in [0.25, 0.3) is 0 Å². The summed E-state index contributed by atoms with van der Waals surface area (Å²) >= 11 is 0. The zero-order valence-corrected chi connectivity index (χ0v) is 12.3. The summed E-state index contributed by atoms with van der Waals surface area (Å²) in [5.41, 5.74) is 11.1. The van der Waals surface area contributed by atoms with E-state index < -0.39 is 5.97 Å². The van der Waals surface area contributed by atoms with Gasteiger partial charge in [0.15, 0.2) is 0 Å². The Morgan fingerprint density at radius 3 is 2.76 bits per heavy atom. The normalized spacial score (nSPS) is 16.1. The zero-order chi connectivity index (χ0) is 15.1. The van der Waals surface area contributed by atoms with E-state index in [2.05, 4.69) is 9.88 Å². The lowest BCUT2D eigenvalue weighted by atomic mass is 9.92. The van der Waals surface area contributed by atoms with Crippen molar-refractivity contribution in [3.8, 4) is 11.1 Å². The second kappa shape index (κ2) is 4.77. The molecule has 1 aromatic carbocycles. The van der Waals surface area contributed by atoms with Crippen LogP contribution < -0.4 is 10.6 Å². The molecule has 2 aromatic rings. The van der Waals surface area contributed by atoms with Crippen LogP contribution in [0.2, 0.25) is 0 Å². The Balaban J connectivity index is 2.24. The lowest BCUT2D eigenvalue weighted by molar-refractivity contribution is 0.0593. The molecule has 2 heterocycles. The Morgan fingerprint density at radius 1 is 1.29 bits per heavy atom. The number of para-hydroxylation sites is 1. The maximum absolute atomic E-state index is 11.7. The lowest BCUT2D eigenvalue weighted by Crippen LogP contribution is -2.28. The van der Waals surface area contributed by atoms with Gasteiger partial charge in [0.1, 0.15) is 5.69 Å². The summed E-state index contributed by atoms with van der Waals surface area (Å²) in [7, 11) is 3.34. The lowest BCUT2D eigenvalue weighted by Gasteiger charge is -2.35. The van der Waals surface area contributed by atoms with Crippen LogP contribution in [0.1, 0.15) is 29.1 Å². The van der Waals surface area contributed by atoms with Gasteiger partial charge >= 0.3 is 5.97 Å². The predicted octanol–water partition coefficient (Wildman–Crippen LogP) is 2.63. The summed E-state index contributed by atoms with van der Waals surface area (Å²) in [6.07, 6.45) is 0. The second-order valence-electron chi connectivity index (χ2n) is 5.15. The number of nitrogens with zero attached hydrogens (tertiary/aromatic N) is 2. The number of esters is 1. The van der Waals surface area contributed by atoms with Gasteiger partial charge in [-0.25, -0.2) is 9.78 Å². The van der Waals surface area contributed by atoms with Crippen LogP contribution in [0.3, 0.4) is 0 Å². The summed E-state index contributed by atoms with van der Waals surface area (Å²) in [6.45, 7) is 2.04. The molecule has 1 aromatic heterocycles. The van der Waals surface area contributed by atoms with E-state index in [4.69, 9.17) is 10.5 Å². The molecule has 5 nitrogen and oxygen atoms in total. The van der Waals surface area contributed by atoms with Crippen LogP contribution >= 0.6 is 0 Å². The predicted molar refractivity (Wildman–Crippen MR) is 82.2 cm³/mol. The molecule has 0 saturated heterocycles. The summed E-state index contributed by atoms with van der Waals surface area (Å²) < 4.78 is 4.74. The molecular weight excluding hydrogens is 266 g/mol. The SMILES string of the molecule is COC(=O)c1ccc2c(n1)C(C)N(C)c1c(N)cccc1-2. The molecule has 0 aliphatic carbocycles. The second-order valence-corrected chi connectivity index (χ2v) is 5.15. The molecule has 108 valence electrons. The highest BCUT2D eigenvalue weighted by Crippen LogP contribution is 2.45. The van der Waals surface area contributed by atoms with Gasteiger partial charge in [-0.1, -0.05) is 12.1 Å². The van der Waals surface area contributed by atoms with Crippen molar-refractivity contribution in [1.82, 2.24) is 4.98 Å². The summed E-state index contributed by atoms with van der Waals surface area (Å²) in [4.78, 5) is 18.2. The quantitative estimate of drug-likeness (QED) is 0.643. The van der Waals surface area contributed by atoms with Crippen LogP contribution in [-0.4, -0.2) is 25.1 Å². The van der Waals surface area contributed by atoms with Gasteiger partial charge in [-0.05, 0) is 25.1 Å². The number of hydrogen-bond acceptors (Lipinski definition) is 5. The van der Waals surface area contributed by atoms with Crippen LogP contribution in [0.4, 0.5) is 11.4 Å². The van der Waals surface area contributed by atoms with Crippen LogP contribution in [-0.2, 0) is 4.74 Å². The molecule has 1 aliphatic heterocycles. The molecule has 3 rings (SSSR count). The number of aromatic nitrogens is 1. The molecule has 0 radical (unpaired) electrons. The molecule has 0 bridgehead atoms. The average molecular weight is 283 g/mol. The van der Waals surface area contributed by atoms with E-state index in [0.717, 1.165) is 28.2 Å². The summed E-state index contributed by atoms with van der Waals surface area (Å²) in [5, 5.41) is 0. The van der Waals surface area contributed by atoms with Crippen molar-refractivity contribution in [3.05, 3.63) is 41.7 Å². The van der Waals surface area contributed by atoms with E-state index in [1.807, 2.05) is 38.2 Å². The van der Waals surface area contributed by atoms with Crippen molar-refractivity contribution in [1.29, 1.82) is 0 Å². The fourth-order valence-electron chi connectivity index (χ4n) is 2.79. The van der Waals surface area contributed by atoms with Gasteiger partial charge in [-0.3, -0.25) is 0 Å². The number of carbonyl (C=O) groups is 1. The molecule has 5 heteroatoms. The van der Waals surface area contributed by atoms with E-state index in [1.165, 1.54) is 7.11 Å². The highest BCUT2D eigenvalue weighted by atomic mass is 16.5. The van der Waals surface area contributed by atoms with E-state index in [1.54, 1.807) is 6.07 Å². The fraction of sp³-hybridized carbons (Fsp3) is 0.250. The monoisotopic (exact) mass is 283 g/mol. The van der Waals surface area contributed by atoms with Crippen molar-refractivity contribution in [2.45, 2.75) is 13.0 Å². The Hall–Kier alpha value is -2.56. The number of rotatable bonds is 1. The number of fused-ring (bicyclic) bond motifs is 3. The number of pyridine rings is 1. The maximum Gasteiger partial charge on any atom is 0.356 e. The zero-order valence-electron chi connectivity index (χ0n) is 12.3. The maximum atomic E-state index is 11.7. The summed E-state index contributed by atoms with van der Waals surface area (Å²) in [5.74, 6) is -0.425. The number of methoxy groups -OCH3 is 1. The first kappa shape index (κ1) is 13.4. The smallest absolute Gasteiger partial charge is 0.356 e. The van der Waals surface area contributed by atoms with Crippen molar-refractivity contribution in [3.63, 3.8) is 0 Å². The Labute approximate surface area is 123 Å². The highest BCUT2D eigenvalue weighted by Gasteiger charge is 2.29. The van der Waals surface area contributed by atoms with Crippen LogP contribution in [0, 0.1) is 0 Å². The van der Waals surface area contributed by atoms with Gasteiger partial charge in [-0.15, -0.1) is 0 Å². The van der Waals surface area contributed by atoms with E-state index in [0.29, 0.717) is 5.69 Å². The Bertz CT molecular complexity index is 727. The van der Waals surface area contributed by atoms with E-state index in [-0.39, 0.29) is 6.04 Å². The minimum absolute atomic E-state index is 0.0295. The Morgan fingerprint density at radius 2 is 2.05 bits per heavy atom. The van der Waals surface area contributed by atoms with Gasteiger partial charge in [-0.2, -0.15) is 0 Å². The molecule has 1 aliphatic rings. The number of anilines is 2. The fourth-order valence-corrected chi connectivity index (χ4v) is 2.79. The number of benzene rings is 1. The molecule has 0 saturated carbocycles. The molecule has 0 fully saturated rings. The standard InChI is InChI=1S/C16H17N3O2/c1-9-14-10(7-8-13(18-14)16(20)21-3)11-5-4-6-12(17)15(11)19(9)2/h4-9H,17H2,1-3H3. The Kier molecular flexibility index (Phi) is 3.05. The van der Waals surface area contributed by atoms with Gasteiger partial charge < -0.3 is 15.4 Å². The minimum atomic E-state index is -0.425. The third-order valence-electron chi connectivity index (χ3n) is 4.01. The van der Waals surface area contributed by atoms with Gasteiger partial charge in [0, 0.05) is 18.2 Å². The van der Waals surface area contributed by atoms with Crippen molar-refractivity contribution < 1.29 is 9.53 Å². The number of nitrogen functional groups attached to an aromatic ring is 1. The van der Waals surface area contributed by atoms with Gasteiger partial charge in [0.05, 0.1) is 30.2 Å². The third kappa shape index (κ3) is 1.93. The van der Waals surface area contributed by atoms with Crippen molar-refractivity contribution in [2.75, 3.05) is 24.8 Å². The molecule has 21 heavy (non-hydrogen) atoms. The molecule has 1 atom stereocenters. The third-order valence-corrected chi connectivity index (χ3v) is 4.01. The molecule has 0 amide bonds. The van der Waals surface area contributed by atoms with E-state index >= 15 is 0 Å². The average Bonchev–Trinajstić information content (AvgIpc) is 2.51. The molecule has 2 N–H and O–H groups in total. The number of nitrogens with two attached hydrogens (primary N) is 1. The largest absolute Gasteiger partial charge is 0.464 e. The first-order valence-corrected chi connectivity index (χ1v) is 6.75. The van der Waals surface area contributed by atoms with Gasteiger partial charge in [0.2, 0.25) is 0 Å². The van der Waals surface area contributed by atoms with Crippen molar-refractivity contribution in [2.24, 2.45) is 0 Å². The summed E-state index contributed by atoms with van der Waals surface area (Å²) in [6, 6.07) is 9.47. The molecular formula is C16H17N3O2. The highest BCUT2D eigenvalue weighted by molar-refractivity contribution is 5.92. The minimum Gasteiger partial charge on any atom is -0.464 e. The molecule has 1 unspecified atom stereocenters. The first-order valence-electron chi connectivity index (χ1n) is 6.75. The topological polar surface area (TPSA) is 68.5 Å². The van der Waals surface area contributed by atoms with Crippen molar-refractivity contribution >= 4 is 17.3 Å². The molecule has 0 spiro atoms. The van der Waals surface area contributed by atoms with Crippen LogP contribution in [0.15, 0.2) is 30.3 Å². The number of hydrogen-bond donors (Lipinski definition) is 1. The van der Waals surface area contributed by atoms with Crippen LogP contribution in [0.25, 0.3) is 11.1 Å². The number of ether oxygens (including phenoxy) is 1. The van der Waals surface area contributed by atoms with Crippen LogP contribution in [0.5, 0.6) is 0 Å². The number of carbonyl (C=O) groups excluding carboxylic acids is 1. The first-order chi connectivity index (χ1) is 10.0. The van der Waals surface area contributed by atoms with E-state index in [9.17, 15) is 4.79 Å².